The van der Waals surface area contributed by atoms with Gasteiger partial charge in [0, 0.05) is 17.1 Å². The number of benzene rings is 2. The quantitative estimate of drug-likeness (QED) is 0.798. The van der Waals surface area contributed by atoms with Crippen LogP contribution in [0.2, 0.25) is 0 Å². The summed E-state index contributed by atoms with van der Waals surface area (Å²) in [7, 11) is 1.61. The molecule has 0 aliphatic heterocycles. The third kappa shape index (κ3) is 2.91. The maximum absolute atomic E-state index is 12.3. The smallest absolute Gasteiger partial charge is 0.274 e. The first kappa shape index (κ1) is 14.1. The Morgan fingerprint density at radius 2 is 1.77 bits per heavy atom. The van der Waals surface area contributed by atoms with Gasteiger partial charge in [0.1, 0.15) is 11.4 Å². The zero-order valence-electron chi connectivity index (χ0n) is 12.5. The van der Waals surface area contributed by atoms with Gasteiger partial charge < -0.3 is 10.1 Å². The van der Waals surface area contributed by atoms with E-state index in [-0.39, 0.29) is 5.91 Å². The molecule has 0 spiro atoms. The Hall–Kier alpha value is -2.88. The highest BCUT2D eigenvalue weighted by atomic mass is 16.5. The van der Waals surface area contributed by atoms with Crippen LogP contribution in [-0.2, 0) is 0 Å². The van der Waals surface area contributed by atoms with Crippen molar-refractivity contribution in [3.05, 3.63) is 65.9 Å². The number of nitrogens with zero attached hydrogens (tertiary/aromatic N) is 1. The summed E-state index contributed by atoms with van der Waals surface area (Å²) in [6.07, 6.45) is 0. The highest BCUT2D eigenvalue weighted by Crippen LogP contribution is 2.20. The third-order valence-corrected chi connectivity index (χ3v) is 3.44. The lowest BCUT2D eigenvalue weighted by atomic mass is 10.2. The topological polar surface area (TPSA) is 51.2 Å². The molecule has 0 atom stereocenters. The second-order valence-electron chi connectivity index (χ2n) is 5.08. The molecule has 1 N–H and O–H groups in total. The number of hydrogen-bond acceptors (Lipinski definition) is 3. The molecule has 4 heteroatoms. The van der Waals surface area contributed by atoms with Gasteiger partial charge >= 0.3 is 0 Å². The first-order valence-corrected chi connectivity index (χ1v) is 6.98. The Bertz CT molecular complexity index is 826. The normalized spacial score (nSPS) is 10.5. The van der Waals surface area contributed by atoms with Crippen LogP contribution < -0.4 is 10.1 Å². The van der Waals surface area contributed by atoms with Crippen LogP contribution in [0, 0.1) is 6.92 Å². The summed E-state index contributed by atoms with van der Waals surface area (Å²) in [6.45, 7) is 2.00. The number of pyridine rings is 1. The van der Waals surface area contributed by atoms with E-state index in [1.165, 1.54) is 0 Å². The van der Waals surface area contributed by atoms with E-state index in [4.69, 9.17) is 4.74 Å². The van der Waals surface area contributed by atoms with Crippen molar-refractivity contribution < 1.29 is 9.53 Å². The van der Waals surface area contributed by atoms with Gasteiger partial charge in [-0.3, -0.25) is 4.79 Å². The van der Waals surface area contributed by atoms with E-state index in [1.54, 1.807) is 13.2 Å². The lowest BCUT2D eigenvalue weighted by Crippen LogP contribution is -2.13. The lowest BCUT2D eigenvalue weighted by molar-refractivity contribution is 0.102. The van der Waals surface area contributed by atoms with Crippen molar-refractivity contribution >= 4 is 22.5 Å². The van der Waals surface area contributed by atoms with Crippen LogP contribution in [0.15, 0.2) is 54.6 Å². The minimum absolute atomic E-state index is 0.228. The summed E-state index contributed by atoms with van der Waals surface area (Å²) in [6, 6.07) is 16.9. The maximum atomic E-state index is 12.3. The van der Waals surface area contributed by atoms with Gasteiger partial charge in [-0.25, -0.2) is 4.98 Å². The predicted octanol–water partition coefficient (Wildman–Crippen LogP) is 3.80. The monoisotopic (exact) mass is 292 g/mol. The molecular weight excluding hydrogens is 276 g/mol. The number of aryl methyl sites for hydroxylation is 1. The van der Waals surface area contributed by atoms with Gasteiger partial charge in [-0.2, -0.15) is 0 Å². The predicted molar refractivity (Wildman–Crippen MR) is 87.4 cm³/mol. The number of ether oxygens (including phenoxy) is 1. The number of hydrogen-bond donors (Lipinski definition) is 1. The second-order valence-corrected chi connectivity index (χ2v) is 5.08. The number of aromatic nitrogens is 1. The molecule has 0 saturated carbocycles. The van der Waals surface area contributed by atoms with Crippen LogP contribution in [0.25, 0.3) is 10.9 Å². The maximum Gasteiger partial charge on any atom is 0.274 e. The number of rotatable bonds is 3. The van der Waals surface area contributed by atoms with E-state index in [0.717, 1.165) is 27.9 Å². The van der Waals surface area contributed by atoms with E-state index in [0.29, 0.717) is 5.69 Å². The summed E-state index contributed by atoms with van der Waals surface area (Å²) in [5, 5.41) is 3.81. The minimum Gasteiger partial charge on any atom is -0.497 e. The second kappa shape index (κ2) is 5.85. The van der Waals surface area contributed by atoms with Crippen LogP contribution in [0.4, 0.5) is 5.69 Å². The van der Waals surface area contributed by atoms with Crippen LogP contribution >= 0.6 is 0 Å². The number of amides is 1. The fourth-order valence-corrected chi connectivity index (χ4v) is 2.18. The zero-order chi connectivity index (χ0) is 15.5. The van der Waals surface area contributed by atoms with E-state index in [1.807, 2.05) is 55.5 Å². The Kier molecular flexibility index (Phi) is 3.74. The van der Waals surface area contributed by atoms with Crippen molar-refractivity contribution in [2.45, 2.75) is 6.92 Å². The van der Waals surface area contributed by atoms with Gasteiger partial charge in [-0.15, -0.1) is 0 Å². The Labute approximate surface area is 128 Å². The molecule has 1 amide bonds. The van der Waals surface area contributed by atoms with E-state index < -0.39 is 0 Å². The third-order valence-electron chi connectivity index (χ3n) is 3.44. The van der Waals surface area contributed by atoms with Gasteiger partial charge in [0.2, 0.25) is 0 Å². The molecular formula is C18H16N2O2. The van der Waals surface area contributed by atoms with Crippen molar-refractivity contribution in [2.75, 3.05) is 12.4 Å². The van der Waals surface area contributed by atoms with E-state index >= 15 is 0 Å². The molecule has 110 valence electrons. The minimum atomic E-state index is -0.228. The molecule has 1 heterocycles. The SMILES string of the molecule is COc1ccc2ccc(C(=O)Nc3ccc(C)cc3)nc2c1. The highest BCUT2D eigenvalue weighted by Gasteiger charge is 2.09. The van der Waals surface area contributed by atoms with Crippen molar-refractivity contribution in [1.82, 2.24) is 4.98 Å². The number of carbonyl (C=O) groups excluding carboxylic acids is 1. The molecule has 0 aliphatic carbocycles. The number of carbonyl (C=O) groups is 1. The lowest BCUT2D eigenvalue weighted by Gasteiger charge is -2.07. The average Bonchev–Trinajstić information content (AvgIpc) is 2.55. The molecule has 0 radical (unpaired) electrons. The van der Waals surface area contributed by atoms with Crippen LogP contribution in [0.1, 0.15) is 16.1 Å². The molecule has 3 rings (SSSR count). The molecule has 0 unspecified atom stereocenters. The van der Waals surface area contributed by atoms with Gasteiger partial charge in [0.25, 0.3) is 5.91 Å². The summed E-state index contributed by atoms with van der Waals surface area (Å²) < 4.78 is 5.19. The van der Waals surface area contributed by atoms with E-state index in [9.17, 15) is 4.79 Å². The fraction of sp³-hybridized carbons (Fsp3) is 0.111. The molecule has 22 heavy (non-hydrogen) atoms. The van der Waals surface area contributed by atoms with Crippen molar-refractivity contribution in [1.29, 1.82) is 0 Å². The van der Waals surface area contributed by atoms with Gasteiger partial charge in [-0.1, -0.05) is 23.8 Å². The first-order valence-electron chi connectivity index (χ1n) is 6.98. The van der Waals surface area contributed by atoms with Crippen molar-refractivity contribution in [2.24, 2.45) is 0 Å². The summed E-state index contributed by atoms with van der Waals surface area (Å²) >= 11 is 0. The molecule has 3 aromatic rings. The standard InChI is InChI=1S/C18H16N2O2/c1-12-3-7-14(8-4-12)19-18(21)16-10-6-13-5-9-15(22-2)11-17(13)20-16/h3-11H,1-2H3,(H,19,21). The zero-order valence-corrected chi connectivity index (χ0v) is 12.5. The first-order chi connectivity index (χ1) is 10.7. The number of fused-ring (bicyclic) bond motifs is 1. The fourth-order valence-electron chi connectivity index (χ4n) is 2.18. The van der Waals surface area contributed by atoms with Crippen molar-refractivity contribution in [3.8, 4) is 5.75 Å². The molecule has 0 bridgehead atoms. The van der Waals surface area contributed by atoms with Crippen LogP contribution in [-0.4, -0.2) is 18.0 Å². The van der Waals surface area contributed by atoms with E-state index in [2.05, 4.69) is 10.3 Å². The summed E-state index contributed by atoms with van der Waals surface area (Å²) in [5.74, 6) is 0.490. The number of anilines is 1. The Morgan fingerprint density at radius 1 is 1.05 bits per heavy atom. The summed E-state index contributed by atoms with van der Waals surface area (Å²) in [4.78, 5) is 16.7. The number of nitrogens with one attached hydrogen (secondary N) is 1. The van der Waals surface area contributed by atoms with Crippen LogP contribution in [0.3, 0.4) is 0 Å². The Morgan fingerprint density at radius 3 is 2.50 bits per heavy atom. The van der Waals surface area contributed by atoms with Gasteiger partial charge in [0.05, 0.1) is 12.6 Å². The molecule has 4 nitrogen and oxygen atoms in total. The molecule has 0 aliphatic rings. The molecule has 1 aromatic heterocycles. The van der Waals surface area contributed by atoms with Crippen LogP contribution in [0.5, 0.6) is 5.75 Å². The van der Waals surface area contributed by atoms with Gasteiger partial charge in [-0.05, 0) is 37.3 Å². The number of methoxy groups -OCH3 is 1. The molecule has 0 fully saturated rings. The van der Waals surface area contributed by atoms with Crippen molar-refractivity contribution in [3.63, 3.8) is 0 Å². The average molecular weight is 292 g/mol. The molecule has 2 aromatic carbocycles. The molecule has 0 saturated heterocycles. The highest BCUT2D eigenvalue weighted by molar-refractivity contribution is 6.04. The Balaban J connectivity index is 1.88. The largest absolute Gasteiger partial charge is 0.497 e. The summed E-state index contributed by atoms with van der Waals surface area (Å²) in [5.41, 5.74) is 3.01. The van der Waals surface area contributed by atoms with Gasteiger partial charge in [0.15, 0.2) is 0 Å².